The van der Waals surface area contributed by atoms with E-state index < -0.39 is 12.2 Å². The van der Waals surface area contributed by atoms with E-state index in [4.69, 9.17) is 4.74 Å². The van der Waals surface area contributed by atoms with Crippen molar-refractivity contribution < 1.29 is 23.5 Å². The van der Waals surface area contributed by atoms with Crippen molar-refractivity contribution in [3.63, 3.8) is 0 Å². The minimum Gasteiger partial charge on any atom is -0.442 e. The summed E-state index contributed by atoms with van der Waals surface area (Å²) < 4.78 is 20.0. The highest BCUT2D eigenvalue weighted by molar-refractivity contribution is 7.99. The molecule has 2 aromatic rings. The van der Waals surface area contributed by atoms with E-state index in [1.807, 2.05) is 5.38 Å². The standard InChI is InChI=1S/C22H24FN3O4S2/c23-17-10-14(3-4-16(17)20-12-24-7-9-32-20)26-13-15(30-22(26)29)11-25-21(28)6-5-18(27)19-2-1-8-31-19/h1-4,8,10,15,20,24H,5-7,9,11-13H2,(H,25,28). The van der Waals surface area contributed by atoms with Crippen molar-refractivity contribution >= 4 is 46.6 Å². The van der Waals surface area contributed by atoms with Crippen molar-refractivity contribution in [2.45, 2.75) is 24.2 Å². The number of carbonyl (C=O) groups is 3. The third kappa shape index (κ3) is 5.48. The van der Waals surface area contributed by atoms with E-state index in [0.29, 0.717) is 22.7 Å². The van der Waals surface area contributed by atoms with E-state index in [0.717, 1.165) is 12.3 Å². The Labute approximate surface area is 193 Å². The Balaban J connectivity index is 1.27. The molecule has 2 aliphatic heterocycles. The fraction of sp³-hybridized carbons (Fsp3) is 0.409. The zero-order valence-electron chi connectivity index (χ0n) is 17.3. The van der Waals surface area contributed by atoms with Gasteiger partial charge in [-0.3, -0.25) is 14.5 Å². The number of ether oxygens (including phenoxy) is 1. The fourth-order valence-corrected chi connectivity index (χ4v) is 5.50. The van der Waals surface area contributed by atoms with Crippen LogP contribution in [0.1, 0.15) is 33.3 Å². The van der Waals surface area contributed by atoms with Crippen LogP contribution in [0, 0.1) is 5.82 Å². The lowest BCUT2D eigenvalue weighted by Gasteiger charge is -2.24. The molecule has 0 radical (unpaired) electrons. The molecule has 10 heteroatoms. The second-order valence-corrected chi connectivity index (χ2v) is 9.85. The molecule has 7 nitrogen and oxygen atoms in total. The number of nitrogens with one attached hydrogen (secondary N) is 2. The summed E-state index contributed by atoms with van der Waals surface area (Å²) in [5, 5.41) is 7.84. The fourth-order valence-electron chi connectivity index (χ4n) is 3.65. The highest BCUT2D eigenvalue weighted by Gasteiger charge is 2.33. The molecule has 0 bridgehead atoms. The van der Waals surface area contributed by atoms with E-state index in [2.05, 4.69) is 10.6 Å². The average Bonchev–Trinajstić information content (AvgIpc) is 3.46. The quantitative estimate of drug-likeness (QED) is 0.567. The second-order valence-electron chi connectivity index (χ2n) is 7.59. The van der Waals surface area contributed by atoms with Crippen LogP contribution in [0.25, 0.3) is 0 Å². The van der Waals surface area contributed by atoms with E-state index in [9.17, 15) is 18.8 Å². The van der Waals surface area contributed by atoms with Crippen LogP contribution in [0.4, 0.5) is 14.9 Å². The van der Waals surface area contributed by atoms with Crippen molar-refractivity contribution in [1.82, 2.24) is 10.6 Å². The molecule has 2 atom stereocenters. The van der Waals surface area contributed by atoms with Gasteiger partial charge >= 0.3 is 6.09 Å². The van der Waals surface area contributed by atoms with Crippen LogP contribution in [-0.4, -0.2) is 55.8 Å². The monoisotopic (exact) mass is 477 g/mol. The SMILES string of the molecule is O=C(CCC(=O)c1cccs1)NCC1CN(c2ccc(C3CNCCS3)c(F)c2)C(=O)O1. The molecule has 2 fully saturated rings. The molecule has 170 valence electrons. The molecule has 0 aliphatic carbocycles. The largest absolute Gasteiger partial charge is 0.442 e. The first kappa shape index (κ1) is 22.8. The van der Waals surface area contributed by atoms with Crippen LogP contribution in [0.15, 0.2) is 35.7 Å². The smallest absolute Gasteiger partial charge is 0.414 e. The molecule has 3 heterocycles. The number of carbonyl (C=O) groups excluding carboxylic acids is 3. The minimum absolute atomic E-state index is 0.0537. The molecule has 2 saturated heterocycles. The van der Waals surface area contributed by atoms with Gasteiger partial charge in [0, 0.05) is 42.5 Å². The Kier molecular flexibility index (Phi) is 7.44. The first-order valence-corrected chi connectivity index (χ1v) is 12.4. The Hall–Kier alpha value is -2.43. The van der Waals surface area contributed by atoms with Gasteiger partial charge in [-0.05, 0) is 23.6 Å². The molecule has 32 heavy (non-hydrogen) atoms. The number of thioether (sulfide) groups is 1. The summed E-state index contributed by atoms with van der Waals surface area (Å²) in [7, 11) is 0. The molecule has 2 aliphatic rings. The van der Waals surface area contributed by atoms with Gasteiger partial charge in [0.1, 0.15) is 11.9 Å². The number of hydrogen-bond donors (Lipinski definition) is 2. The molecular weight excluding hydrogens is 453 g/mol. The molecule has 0 saturated carbocycles. The van der Waals surface area contributed by atoms with Crippen molar-refractivity contribution in [1.29, 1.82) is 0 Å². The summed E-state index contributed by atoms with van der Waals surface area (Å²) in [6.07, 6.45) is -0.913. The van der Waals surface area contributed by atoms with Gasteiger partial charge < -0.3 is 15.4 Å². The number of cyclic esters (lactones) is 1. The van der Waals surface area contributed by atoms with E-state index in [1.165, 1.54) is 22.3 Å². The van der Waals surface area contributed by atoms with Gasteiger partial charge in [0.15, 0.2) is 5.78 Å². The maximum absolute atomic E-state index is 14.7. The normalized spacial score (nSPS) is 20.8. The zero-order valence-corrected chi connectivity index (χ0v) is 19.0. The van der Waals surface area contributed by atoms with Gasteiger partial charge in [0.2, 0.25) is 5.91 Å². The molecule has 1 aromatic heterocycles. The van der Waals surface area contributed by atoms with Crippen LogP contribution < -0.4 is 15.5 Å². The lowest BCUT2D eigenvalue weighted by Crippen LogP contribution is -2.34. The maximum Gasteiger partial charge on any atom is 0.414 e. The lowest BCUT2D eigenvalue weighted by molar-refractivity contribution is -0.121. The van der Waals surface area contributed by atoms with E-state index in [1.54, 1.807) is 36.0 Å². The highest BCUT2D eigenvalue weighted by Crippen LogP contribution is 2.34. The minimum atomic E-state index is -0.571. The third-order valence-electron chi connectivity index (χ3n) is 5.35. The van der Waals surface area contributed by atoms with E-state index >= 15 is 0 Å². The molecular formula is C22H24FN3O4S2. The first-order chi connectivity index (χ1) is 15.5. The van der Waals surface area contributed by atoms with Crippen molar-refractivity contribution in [3.05, 3.63) is 52.0 Å². The predicted octanol–water partition coefficient (Wildman–Crippen LogP) is 3.37. The summed E-state index contributed by atoms with van der Waals surface area (Å²) >= 11 is 3.06. The molecule has 2 unspecified atom stereocenters. The number of nitrogens with zero attached hydrogens (tertiary/aromatic N) is 1. The molecule has 0 spiro atoms. The summed E-state index contributed by atoms with van der Waals surface area (Å²) in [5.41, 5.74) is 1.06. The molecule has 4 rings (SSSR count). The summed E-state index contributed by atoms with van der Waals surface area (Å²) in [5.74, 6) is 0.239. The third-order valence-corrected chi connectivity index (χ3v) is 7.52. The maximum atomic E-state index is 14.7. The second kappa shape index (κ2) is 10.5. The lowest BCUT2D eigenvalue weighted by atomic mass is 10.1. The average molecular weight is 478 g/mol. The topological polar surface area (TPSA) is 87.7 Å². The van der Waals surface area contributed by atoms with Crippen LogP contribution in [0.2, 0.25) is 0 Å². The Morgan fingerprint density at radius 3 is 2.88 bits per heavy atom. The Morgan fingerprint density at radius 1 is 1.28 bits per heavy atom. The number of anilines is 1. The van der Waals surface area contributed by atoms with Crippen LogP contribution >= 0.6 is 23.1 Å². The molecule has 2 amide bonds. The Bertz CT molecular complexity index is 980. The first-order valence-electron chi connectivity index (χ1n) is 10.4. The van der Waals surface area contributed by atoms with E-state index in [-0.39, 0.29) is 48.7 Å². The van der Waals surface area contributed by atoms with Crippen LogP contribution in [0.3, 0.4) is 0 Å². The predicted molar refractivity (Wildman–Crippen MR) is 123 cm³/mol. The highest BCUT2D eigenvalue weighted by atomic mass is 32.2. The van der Waals surface area contributed by atoms with Gasteiger partial charge in [-0.1, -0.05) is 12.1 Å². The number of amides is 2. The van der Waals surface area contributed by atoms with Gasteiger partial charge in [-0.25, -0.2) is 9.18 Å². The molecule has 2 N–H and O–H groups in total. The molecule has 1 aromatic carbocycles. The number of Topliss-reactive ketones (excluding diaryl/α,β-unsaturated/α-hetero) is 1. The number of thiophene rings is 1. The summed E-state index contributed by atoms with van der Waals surface area (Å²) in [4.78, 5) is 38.3. The van der Waals surface area contributed by atoms with Gasteiger partial charge in [0.25, 0.3) is 0 Å². The van der Waals surface area contributed by atoms with Crippen molar-refractivity contribution in [3.8, 4) is 0 Å². The Morgan fingerprint density at radius 2 is 2.16 bits per heavy atom. The van der Waals surface area contributed by atoms with Crippen molar-refractivity contribution in [2.24, 2.45) is 0 Å². The number of hydrogen-bond acceptors (Lipinski definition) is 7. The number of ketones is 1. The number of rotatable bonds is 8. The van der Waals surface area contributed by atoms with Gasteiger partial charge in [0.05, 0.1) is 23.7 Å². The van der Waals surface area contributed by atoms with Gasteiger partial charge in [-0.15, -0.1) is 11.3 Å². The summed E-state index contributed by atoms with van der Waals surface area (Å²) in [6, 6.07) is 8.35. The van der Waals surface area contributed by atoms with Crippen molar-refractivity contribution in [2.75, 3.05) is 36.8 Å². The summed E-state index contributed by atoms with van der Waals surface area (Å²) in [6.45, 7) is 1.99. The number of benzene rings is 1. The van der Waals surface area contributed by atoms with Crippen LogP contribution in [0.5, 0.6) is 0 Å². The van der Waals surface area contributed by atoms with Crippen LogP contribution in [-0.2, 0) is 9.53 Å². The number of halogens is 1. The zero-order chi connectivity index (χ0) is 22.5. The van der Waals surface area contributed by atoms with Gasteiger partial charge in [-0.2, -0.15) is 11.8 Å².